The van der Waals surface area contributed by atoms with Crippen LogP contribution in [0.1, 0.15) is 40.5 Å². The summed E-state index contributed by atoms with van der Waals surface area (Å²) < 4.78 is 3.68. The van der Waals surface area contributed by atoms with Gasteiger partial charge < -0.3 is 9.30 Å². The first-order valence-electron chi connectivity index (χ1n) is 7.87. The van der Waals surface area contributed by atoms with Crippen molar-refractivity contribution in [3.63, 3.8) is 0 Å². The zero-order valence-corrected chi connectivity index (χ0v) is 13.3. The number of nitrogens with zero attached hydrogens (tertiary/aromatic N) is 5. The number of carbonyl (C=O) groups excluding carboxylic acids is 1. The van der Waals surface area contributed by atoms with E-state index < -0.39 is 0 Å². The Kier molecular flexibility index (Phi) is 3.18. The summed E-state index contributed by atoms with van der Waals surface area (Å²) in [7, 11) is 1.90. The lowest BCUT2D eigenvalue weighted by molar-refractivity contribution is 0.0730. The molecule has 0 spiro atoms. The van der Waals surface area contributed by atoms with Gasteiger partial charge in [-0.15, -0.1) is 0 Å². The monoisotopic (exact) mass is 309 g/mol. The van der Waals surface area contributed by atoms with E-state index in [2.05, 4.69) is 10.1 Å². The van der Waals surface area contributed by atoms with E-state index in [0.717, 1.165) is 36.2 Å². The minimum Gasteiger partial charge on any atom is -0.330 e. The molecule has 4 heterocycles. The second-order valence-electron chi connectivity index (χ2n) is 6.20. The third kappa shape index (κ3) is 2.40. The molecule has 0 saturated carbocycles. The van der Waals surface area contributed by atoms with Crippen LogP contribution in [0.4, 0.5) is 0 Å². The molecule has 1 aliphatic heterocycles. The van der Waals surface area contributed by atoms with Crippen LogP contribution in [0, 0.1) is 6.92 Å². The molecule has 6 heteroatoms. The summed E-state index contributed by atoms with van der Waals surface area (Å²) in [6.07, 6.45) is 9.58. The third-order valence-electron chi connectivity index (χ3n) is 4.46. The van der Waals surface area contributed by atoms with Crippen molar-refractivity contribution in [2.45, 2.75) is 25.8 Å². The second-order valence-corrected chi connectivity index (χ2v) is 6.20. The van der Waals surface area contributed by atoms with Crippen molar-refractivity contribution in [1.82, 2.24) is 24.1 Å². The Morgan fingerprint density at radius 3 is 3.00 bits per heavy atom. The summed E-state index contributed by atoms with van der Waals surface area (Å²) in [6, 6.07) is 4.10. The maximum Gasteiger partial charge on any atom is 0.274 e. The SMILES string of the molecule is Cc1ccn2cc(C(=O)N3CCC[C@@H]3c3cnn(C)c3)nc2c1. The van der Waals surface area contributed by atoms with Gasteiger partial charge in [-0.05, 0) is 37.5 Å². The van der Waals surface area contributed by atoms with Gasteiger partial charge in [0.1, 0.15) is 11.3 Å². The molecule has 23 heavy (non-hydrogen) atoms. The minimum atomic E-state index is -0.00212. The van der Waals surface area contributed by atoms with E-state index in [0.29, 0.717) is 5.69 Å². The fourth-order valence-electron chi connectivity index (χ4n) is 3.30. The zero-order valence-electron chi connectivity index (χ0n) is 13.3. The highest BCUT2D eigenvalue weighted by Crippen LogP contribution is 2.32. The average Bonchev–Trinajstić information content (AvgIpc) is 3.23. The van der Waals surface area contributed by atoms with E-state index >= 15 is 0 Å². The number of fused-ring (bicyclic) bond motifs is 1. The first-order valence-corrected chi connectivity index (χ1v) is 7.87. The Balaban J connectivity index is 1.66. The van der Waals surface area contributed by atoms with E-state index in [9.17, 15) is 4.79 Å². The van der Waals surface area contributed by atoms with Gasteiger partial charge in [0.25, 0.3) is 5.91 Å². The number of aryl methyl sites for hydroxylation is 2. The van der Waals surface area contributed by atoms with Crippen LogP contribution in [-0.4, -0.2) is 36.5 Å². The summed E-state index contributed by atoms with van der Waals surface area (Å²) in [6.45, 7) is 2.79. The van der Waals surface area contributed by atoms with Crippen molar-refractivity contribution >= 4 is 11.6 Å². The number of pyridine rings is 1. The molecule has 3 aromatic heterocycles. The maximum atomic E-state index is 12.9. The van der Waals surface area contributed by atoms with E-state index in [1.54, 1.807) is 4.68 Å². The topological polar surface area (TPSA) is 55.4 Å². The number of carbonyl (C=O) groups is 1. The van der Waals surface area contributed by atoms with E-state index in [1.165, 1.54) is 0 Å². The van der Waals surface area contributed by atoms with Gasteiger partial charge in [0, 0.05) is 37.7 Å². The molecular weight excluding hydrogens is 290 g/mol. The largest absolute Gasteiger partial charge is 0.330 e. The molecule has 0 unspecified atom stereocenters. The van der Waals surface area contributed by atoms with Crippen molar-refractivity contribution in [1.29, 1.82) is 0 Å². The van der Waals surface area contributed by atoms with Crippen molar-refractivity contribution in [2.75, 3.05) is 6.54 Å². The molecule has 0 radical (unpaired) electrons. The van der Waals surface area contributed by atoms with Gasteiger partial charge in [0.05, 0.1) is 12.2 Å². The Hall–Kier alpha value is -2.63. The molecule has 4 rings (SSSR count). The standard InChI is InChI=1S/C17H19N5O/c1-12-5-7-21-11-14(19-16(21)8-12)17(23)22-6-3-4-15(22)13-9-18-20(2)10-13/h5,7-11,15H,3-4,6H2,1-2H3/t15-/m1/s1. The van der Waals surface area contributed by atoms with Crippen molar-refractivity contribution in [3.8, 4) is 0 Å². The van der Waals surface area contributed by atoms with Gasteiger partial charge in [-0.1, -0.05) is 0 Å². The first-order chi connectivity index (χ1) is 11.1. The molecule has 1 fully saturated rings. The predicted octanol–water partition coefficient (Wildman–Crippen LogP) is 2.35. The van der Waals surface area contributed by atoms with Crippen LogP contribution in [0.25, 0.3) is 5.65 Å². The van der Waals surface area contributed by atoms with Crippen LogP contribution in [0.5, 0.6) is 0 Å². The van der Waals surface area contributed by atoms with Gasteiger partial charge in [-0.3, -0.25) is 9.48 Å². The van der Waals surface area contributed by atoms with Gasteiger partial charge >= 0.3 is 0 Å². The Morgan fingerprint density at radius 2 is 2.22 bits per heavy atom. The quantitative estimate of drug-likeness (QED) is 0.730. The maximum absolute atomic E-state index is 12.9. The second kappa shape index (κ2) is 5.22. The normalized spacial score (nSPS) is 18.0. The Bertz CT molecular complexity index is 878. The van der Waals surface area contributed by atoms with E-state index in [1.807, 2.05) is 60.2 Å². The molecule has 0 N–H and O–H groups in total. The molecule has 1 atom stereocenters. The minimum absolute atomic E-state index is 0.00212. The number of amides is 1. The summed E-state index contributed by atoms with van der Waals surface area (Å²) >= 11 is 0. The molecule has 118 valence electrons. The Labute approximate surface area is 134 Å². The number of aromatic nitrogens is 4. The van der Waals surface area contributed by atoms with Crippen molar-refractivity contribution in [3.05, 3.63) is 53.7 Å². The summed E-state index contributed by atoms with van der Waals surface area (Å²) in [5, 5.41) is 4.23. The molecular formula is C17H19N5O. The highest BCUT2D eigenvalue weighted by atomic mass is 16.2. The van der Waals surface area contributed by atoms with E-state index in [-0.39, 0.29) is 11.9 Å². The number of likely N-dealkylation sites (tertiary alicyclic amines) is 1. The number of hydrogen-bond donors (Lipinski definition) is 0. The summed E-state index contributed by atoms with van der Waals surface area (Å²) in [5.74, 6) is -0.00212. The number of imidazole rings is 1. The molecule has 0 aromatic carbocycles. The van der Waals surface area contributed by atoms with E-state index in [4.69, 9.17) is 0 Å². The third-order valence-corrected chi connectivity index (χ3v) is 4.46. The fraction of sp³-hybridized carbons (Fsp3) is 0.353. The molecule has 3 aromatic rings. The van der Waals surface area contributed by atoms with Gasteiger partial charge in [0.15, 0.2) is 0 Å². The smallest absolute Gasteiger partial charge is 0.274 e. The fourth-order valence-corrected chi connectivity index (χ4v) is 3.30. The number of rotatable bonds is 2. The Morgan fingerprint density at radius 1 is 1.35 bits per heavy atom. The van der Waals surface area contributed by atoms with Crippen LogP contribution in [-0.2, 0) is 7.05 Å². The highest BCUT2D eigenvalue weighted by molar-refractivity contribution is 5.93. The van der Waals surface area contributed by atoms with Crippen LogP contribution in [0.15, 0.2) is 36.9 Å². The van der Waals surface area contributed by atoms with Gasteiger partial charge in [-0.2, -0.15) is 5.10 Å². The van der Waals surface area contributed by atoms with Gasteiger partial charge in [-0.25, -0.2) is 4.98 Å². The van der Waals surface area contributed by atoms with Crippen LogP contribution in [0.2, 0.25) is 0 Å². The number of hydrogen-bond acceptors (Lipinski definition) is 3. The predicted molar refractivity (Wildman–Crippen MR) is 86.1 cm³/mol. The highest BCUT2D eigenvalue weighted by Gasteiger charge is 2.32. The molecule has 1 aliphatic rings. The van der Waals surface area contributed by atoms with Crippen molar-refractivity contribution < 1.29 is 4.79 Å². The molecule has 0 aliphatic carbocycles. The lowest BCUT2D eigenvalue weighted by Crippen LogP contribution is -2.30. The van der Waals surface area contributed by atoms with Crippen LogP contribution < -0.4 is 0 Å². The summed E-state index contributed by atoms with van der Waals surface area (Å²) in [5.41, 5.74) is 3.55. The first kappa shape index (κ1) is 14.0. The van der Waals surface area contributed by atoms with Crippen LogP contribution >= 0.6 is 0 Å². The van der Waals surface area contributed by atoms with Crippen molar-refractivity contribution in [2.24, 2.45) is 7.05 Å². The summed E-state index contributed by atoms with van der Waals surface area (Å²) in [4.78, 5) is 19.3. The van der Waals surface area contributed by atoms with Crippen LogP contribution in [0.3, 0.4) is 0 Å². The molecule has 6 nitrogen and oxygen atoms in total. The molecule has 1 saturated heterocycles. The lowest BCUT2D eigenvalue weighted by atomic mass is 10.1. The zero-order chi connectivity index (χ0) is 16.0. The molecule has 1 amide bonds. The average molecular weight is 309 g/mol. The molecule has 0 bridgehead atoms. The lowest BCUT2D eigenvalue weighted by Gasteiger charge is -2.22. The van der Waals surface area contributed by atoms with Gasteiger partial charge in [0.2, 0.25) is 0 Å².